The SMILES string of the molecule is C=CCNS(=O)(=O)Cc1ccc(NC(=O)c2ccccc2S(=O)(=O)N2CCCCC2)cc1. The molecule has 1 aliphatic heterocycles. The molecule has 3 rings (SSSR count). The summed E-state index contributed by atoms with van der Waals surface area (Å²) >= 11 is 0. The second kappa shape index (κ2) is 10.4. The summed E-state index contributed by atoms with van der Waals surface area (Å²) in [7, 11) is -7.26. The van der Waals surface area contributed by atoms with Crippen LogP contribution < -0.4 is 10.0 Å². The minimum Gasteiger partial charge on any atom is -0.322 e. The van der Waals surface area contributed by atoms with Gasteiger partial charge in [0.25, 0.3) is 5.91 Å². The van der Waals surface area contributed by atoms with Crippen LogP contribution in [-0.2, 0) is 25.8 Å². The molecule has 8 nitrogen and oxygen atoms in total. The lowest BCUT2D eigenvalue weighted by atomic mass is 10.2. The zero-order valence-electron chi connectivity index (χ0n) is 17.7. The second-order valence-electron chi connectivity index (χ2n) is 7.51. The lowest BCUT2D eigenvalue weighted by Crippen LogP contribution is -2.36. The molecule has 2 aromatic carbocycles. The number of benzene rings is 2. The highest BCUT2D eigenvalue weighted by Gasteiger charge is 2.29. The Kier molecular flexibility index (Phi) is 7.83. The predicted octanol–water partition coefficient (Wildman–Crippen LogP) is 2.72. The first-order chi connectivity index (χ1) is 15.2. The van der Waals surface area contributed by atoms with Gasteiger partial charge in [-0.05, 0) is 42.7 Å². The van der Waals surface area contributed by atoms with Crippen molar-refractivity contribution in [2.45, 2.75) is 29.9 Å². The number of hydrogen-bond acceptors (Lipinski definition) is 5. The van der Waals surface area contributed by atoms with Crippen molar-refractivity contribution in [3.63, 3.8) is 0 Å². The third kappa shape index (κ3) is 6.04. The summed E-state index contributed by atoms with van der Waals surface area (Å²) in [6, 6.07) is 12.5. The van der Waals surface area contributed by atoms with E-state index in [9.17, 15) is 21.6 Å². The standard InChI is InChI=1S/C22H27N3O5S2/c1-2-14-23-31(27,28)17-18-10-12-19(13-11-18)24-22(26)20-8-4-5-9-21(20)32(29,30)25-15-6-3-7-16-25/h2,4-5,8-13,23H,1,3,6-7,14-17H2,(H,24,26). The van der Waals surface area contributed by atoms with Crippen molar-refractivity contribution in [3.8, 4) is 0 Å². The first-order valence-electron chi connectivity index (χ1n) is 10.3. The van der Waals surface area contributed by atoms with E-state index in [0.29, 0.717) is 24.3 Å². The van der Waals surface area contributed by atoms with E-state index in [1.165, 1.54) is 22.5 Å². The van der Waals surface area contributed by atoms with Crippen LogP contribution in [-0.4, -0.2) is 46.7 Å². The van der Waals surface area contributed by atoms with E-state index in [-0.39, 0.29) is 22.8 Å². The molecule has 1 heterocycles. The molecular formula is C22H27N3O5S2. The summed E-state index contributed by atoms with van der Waals surface area (Å²) in [6.07, 6.45) is 4.06. The Morgan fingerprint density at radius 1 is 0.969 bits per heavy atom. The molecule has 1 amide bonds. The highest BCUT2D eigenvalue weighted by molar-refractivity contribution is 7.89. The van der Waals surface area contributed by atoms with E-state index in [1.807, 2.05) is 0 Å². The highest BCUT2D eigenvalue weighted by atomic mass is 32.2. The molecule has 0 bridgehead atoms. The second-order valence-corrected chi connectivity index (χ2v) is 11.2. The topological polar surface area (TPSA) is 113 Å². The van der Waals surface area contributed by atoms with E-state index in [1.54, 1.807) is 36.4 Å². The number of sulfonamides is 2. The maximum absolute atomic E-state index is 13.1. The average Bonchev–Trinajstić information content (AvgIpc) is 2.79. The van der Waals surface area contributed by atoms with E-state index >= 15 is 0 Å². The van der Waals surface area contributed by atoms with E-state index in [0.717, 1.165) is 19.3 Å². The molecule has 0 unspecified atom stereocenters. The summed E-state index contributed by atoms with van der Waals surface area (Å²) in [4.78, 5) is 12.9. The Hall–Kier alpha value is -2.53. The average molecular weight is 478 g/mol. The van der Waals surface area contributed by atoms with Crippen LogP contribution in [0.4, 0.5) is 5.69 Å². The van der Waals surface area contributed by atoms with Gasteiger partial charge in [-0.15, -0.1) is 6.58 Å². The van der Waals surface area contributed by atoms with Crippen molar-refractivity contribution in [1.82, 2.24) is 9.03 Å². The number of carbonyl (C=O) groups excluding carboxylic acids is 1. The van der Waals surface area contributed by atoms with Crippen LogP contribution in [0.3, 0.4) is 0 Å². The van der Waals surface area contributed by atoms with Gasteiger partial charge in [-0.2, -0.15) is 4.31 Å². The Bertz CT molecular complexity index is 1170. The number of nitrogens with zero attached hydrogens (tertiary/aromatic N) is 1. The van der Waals surface area contributed by atoms with Crippen molar-refractivity contribution in [3.05, 3.63) is 72.3 Å². The molecule has 0 saturated carbocycles. The van der Waals surface area contributed by atoms with Crippen LogP contribution in [0.25, 0.3) is 0 Å². The Morgan fingerprint density at radius 2 is 1.62 bits per heavy atom. The molecule has 2 aromatic rings. The number of anilines is 1. The normalized spacial score (nSPS) is 15.2. The van der Waals surface area contributed by atoms with E-state index in [2.05, 4.69) is 16.6 Å². The minimum atomic E-state index is -3.77. The van der Waals surface area contributed by atoms with Gasteiger partial charge in [0, 0.05) is 25.3 Å². The zero-order valence-corrected chi connectivity index (χ0v) is 19.3. The van der Waals surface area contributed by atoms with Gasteiger partial charge in [-0.1, -0.05) is 36.8 Å². The highest BCUT2D eigenvalue weighted by Crippen LogP contribution is 2.24. The van der Waals surface area contributed by atoms with Crippen molar-refractivity contribution < 1.29 is 21.6 Å². The zero-order chi connectivity index (χ0) is 23.2. The fourth-order valence-corrected chi connectivity index (χ4v) is 6.27. The minimum absolute atomic E-state index is 0.0181. The number of piperidine rings is 1. The largest absolute Gasteiger partial charge is 0.322 e. The maximum Gasteiger partial charge on any atom is 0.257 e. The lowest BCUT2D eigenvalue weighted by Gasteiger charge is -2.26. The Labute approximate surface area is 189 Å². The Morgan fingerprint density at radius 3 is 2.28 bits per heavy atom. The number of amides is 1. The van der Waals surface area contributed by atoms with Crippen LogP contribution in [0.1, 0.15) is 35.2 Å². The molecular weight excluding hydrogens is 450 g/mol. The fourth-order valence-electron chi connectivity index (χ4n) is 3.46. The molecule has 2 N–H and O–H groups in total. The van der Waals surface area contributed by atoms with Crippen LogP contribution in [0.2, 0.25) is 0 Å². The molecule has 1 fully saturated rings. The first kappa shape index (κ1) is 24.1. The molecule has 1 aliphatic rings. The smallest absolute Gasteiger partial charge is 0.257 e. The van der Waals surface area contributed by atoms with Crippen molar-refractivity contribution in [1.29, 1.82) is 0 Å². The van der Waals surface area contributed by atoms with Crippen LogP contribution in [0.5, 0.6) is 0 Å². The monoisotopic (exact) mass is 477 g/mol. The molecule has 0 spiro atoms. The van der Waals surface area contributed by atoms with E-state index < -0.39 is 26.0 Å². The summed E-state index contributed by atoms with van der Waals surface area (Å²) < 4.78 is 54.0. The van der Waals surface area contributed by atoms with Gasteiger partial charge in [-0.3, -0.25) is 4.79 Å². The molecule has 0 radical (unpaired) electrons. The van der Waals surface area contributed by atoms with Gasteiger partial charge in [-0.25, -0.2) is 21.6 Å². The van der Waals surface area contributed by atoms with Gasteiger partial charge >= 0.3 is 0 Å². The molecule has 0 aromatic heterocycles. The van der Waals surface area contributed by atoms with Crippen molar-refractivity contribution >= 4 is 31.6 Å². The number of nitrogens with one attached hydrogen (secondary N) is 2. The predicted molar refractivity (Wildman–Crippen MR) is 124 cm³/mol. The molecule has 10 heteroatoms. The van der Waals surface area contributed by atoms with Crippen LogP contribution in [0, 0.1) is 0 Å². The summed E-state index contributed by atoms with van der Waals surface area (Å²) in [5.41, 5.74) is 1.05. The quantitative estimate of drug-likeness (QED) is 0.539. The van der Waals surface area contributed by atoms with Crippen LogP contribution in [0.15, 0.2) is 66.1 Å². The van der Waals surface area contributed by atoms with Crippen LogP contribution >= 0.6 is 0 Å². The van der Waals surface area contributed by atoms with Crippen molar-refractivity contribution in [2.75, 3.05) is 25.0 Å². The van der Waals surface area contributed by atoms with E-state index in [4.69, 9.17) is 0 Å². The first-order valence-corrected chi connectivity index (χ1v) is 13.4. The van der Waals surface area contributed by atoms with Gasteiger partial charge in [0.15, 0.2) is 0 Å². The summed E-state index contributed by atoms with van der Waals surface area (Å²) in [5.74, 6) is -0.749. The van der Waals surface area contributed by atoms with Gasteiger partial charge in [0.1, 0.15) is 0 Å². The molecule has 1 saturated heterocycles. The Balaban J connectivity index is 1.75. The summed E-state index contributed by atoms with van der Waals surface area (Å²) in [5, 5.41) is 2.70. The lowest BCUT2D eigenvalue weighted by molar-refractivity contribution is 0.102. The fraction of sp³-hybridized carbons (Fsp3) is 0.318. The van der Waals surface area contributed by atoms with Crippen molar-refractivity contribution in [2.24, 2.45) is 0 Å². The third-order valence-corrected chi connectivity index (χ3v) is 8.36. The van der Waals surface area contributed by atoms with Gasteiger partial charge < -0.3 is 5.32 Å². The molecule has 0 aliphatic carbocycles. The molecule has 172 valence electrons. The maximum atomic E-state index is 13.1. The third-order valence-electron chi connectivity index (χ3n) is 5.08. The number of rotatable bonds is 9. The molecule has 32 heavy (non-hydrogen) atoms. The molecule has 0 atom stereocenters. The number of hydrogen-bond donors (Lipinski definition) is 2. The summed E-state index contributed by atoms with van der Waals surface area (Å²) in [6.45, 7) is 4.52. The number of carbonyl (C=O) groups is 1. The van der Waals surface area contributed by atoms with Gasteiger partial charge in [0.05, 0.1) is 16.2 Å². The van der Waals surface area contributed by atoms with Gasteiger partial charge in [0.2, 0.25) is 20.0 Å².